The van der Waals surface area contributed by atoms with Crippen molar-refractivity contribution in [2.24, 2.45) is 0 Å². The van der Waals surface area contributed by atoms with Crippen LogP contribution in [0.1, 0.15) is 30.7 Å². The maximum absolute atomic E-state index is 11.4. The lowest BCUT2D eigenvalue weighted by Crippen LogP contribution is -2.48. The minimum Gasteiger partial charge on any atom is -0.480 e. The number of thioether (sulfide) groups is 1. The molecule has 104 valence electrons. The Morgan fingerprint density at radius 3 is 2.58 bits per heavy atom. The van der Waals surface area contributed by atoms with Gasteiger partial charge in [0, 0.05) is 16.6 Å². The lowest BCUT2D eigenvalue weighted by molar-refractivity contribution is -0.144. The number of hydrogen-bond acceptors (Lipinski definition) is 5. The van der Waals surface area contributed by atoms with E-state index in [1.54, 1.807) is 18.8 Å². The fourth-order valence-corrected chi connectivity index (χ4v) is 3.82. The van der Waals surface area contributed by atoms with E-state index in [1.165, 1.54) is 0 Å². The predicted molar refractivity (Wildman–Crippen MR) is 74.4 cm³/mol. The second-order valence-electron chi connectivity index (χ2n) is 5.05. The number of carboxylic acids is 1. The van der Waals surface area contributed by atoms with E-state index in [2.05, 4.69) is 15.3 Å². The van der Waals surface area contributed by atoms with Crippen molar-refractivity contribution in [3.05, 3.63) is 17.5 Å². The molecule has 0 amide bonds. The Hall–Kier alpha value is -1.14. The molecule has 0 bridgehead atoms. The first-order valence-electron chi connectivity index (χ1n) is 6.36. The first-order valence-corrected chi connectivity index (χ1v) is 7.24. The van der Waals surface area contributed by atoms with Crippen LogP contribution < -0.4 is 5.32 Å². The van der Waals surface area contributed by atoms with E-state index in [4.69, 9.17) is 0 Å². The van der Waals surface area contributed by atoms with Crippen LogP contribution in [0.3, 0.4) is 0 Å². The standard InChI is InChI=1S/C13H19N3O2S/c1-8-6-9(2)16-12(15-8)19-10-4-5-13(7-10,14-3)11(17)18/h6,10,14H,4-5,7H2,1-3H3,(H,17,18). The van der Waals surface area contributed by atoms with Gasteiger partial charge < -0.3 is 10.4 Å². The summed E-state index contributed by atoms with van der Waals surface area (Å²) in [6, 6.07) is 1.94. The molecule has 2 rings (SSSR count). The van der Waals surface area contributed by atoms with Crippen LogP contribution in [-0.2, 0) is 4.79 Å². The Balaban J connectivity index is 2.08. The van der Waals surface area contributed by atoms with Crippen molar-refractivity contribution in [1.29, 1.82) is 0 Å². The van der Waals surface area contributed by atoms with Crippen LogP contribution in [0.5, 0.6) is 0 Å². The number of carboxylic acid groups (broad SMARTS) is 1. The third kappa shape index (κ3) is 3.06. The molecule has 1 fully saturated rings. The largest absolute Gasteiger partial charge is 0.480 e. The Morgan fingerprint density at radius 1 is 1.47 bits per heavy atom. The smallest absolute Gasteiger partial charge is 0.323 e. The SMILES string of the molecule is CNC1(C(=O)O)CCC(Sc2nc(C)cc(C)n2)C1. The first-order chi connectivity index (χ1) is 8.95. The molecule has 19 heavy (non-hydrogen) atoms. The highest BCUT2D eigenvalue weighted by Crippen LogP contribution is 2.39. The lowest BCUT2D eigenvalue weighted by atomic mass is 9.99. The average molecular weight is 281 g/mol. The van der Waals surface area contributed by atoms with Crippen molar-refractivity contribution in [1.82, 2.24) is 15.3 Å². The zero-order chi connectivity index (χ0) is 14.0. The van der Waals surface area contributed by atoms with Gasteiger partial charge >= 0.3 is 5.97 Å². The molecule has 0 radical (unpaired) electrons. The number of carbonyl (C=O) groups is 1. The van der Waals surface area contributed by atoms with Crippen LogP contribution in [0.25, 0.3) is 0 Å². The van der Waals surface area contributed by atoms with Gasteiger partial charge in [0.1, 0.15) is 5.54 Å². The summed E-state index contributed by atoms with van der Waals surface area (Å²) in [5.74, 6) is -0.764. The summed E-state index contributed by atoms with van der Waals surface area (Å²) in [5.41, 5.74) is 1.12. The molecule has 1 heterocycles. The Labute approximate surface area is 117 Å². The van der Waals surface area contributed by atoms with Gasteiger partial charge in [-0.2, -0.15) is 0 Å². The summed E-state index contributed by atoms with van der Waals surface area (Å²) < 4.78 is 0. The molecule has 1 aromatic heterocycles. The van der Waals surface area contributed by atoms with Gasteiger partial charge in [0.2, 0.25) is 0 Å². The molecule has 0 aliphatic heterocycles. The highest BCUT2D eigenvalue weighted by molar-refractivity contribution is 7.99. The number of aryl methyl sites for hydroxylation is 2. The quantitative estimate of drug-likeness (QED) is 0.819. The number of likely N-dealkylation sites (N-methyl/N-ethyl adjacent to an activating group) is 1. The Kier molecular flexibility index (Phi) is 4.10. The summed E-state index contributed by atoms with van der Waals surface area (Å²) in [6.07, 6.45) is 2.13. The van der Waals surface area contributed by atoms with E-state index in [9.17, 15) is 9.90 Å². The van der Waals surface area contributed by atoms with Crippen molar-refractivity contribution in [3.63, 3.8) is 0 Å². The summed E-state index contributed by atoms with van der Waals surface area (Å²) in [6.45, 7) is 3.89. The molecule has 2 N–H and O–H groups in total. The molecule has 5 nitrogen and oxygen atoms in total. The molecule has 2 unspecified atom stereocenters. The van der Waals surface area contributed by atoms with Gasteiger partial charge in [-0.05, 0) is 46.2 Å². The Morgan fingerprint density at radius 2 is 2.11 bits per heavy atom. The van der Waals surface area contributed by atoms with Crippen molar-refractivity contribution < 1.29 is 9.90 Å². The van der Waals surface area contributed by atoms with Crippen molar-refractivity contribution in [2.75, 3.05) is 7.05 Å². The average Bonchev–Trinajstić information content (AvgIpc) is 2.72. The Bertz CT molecular complexity index is 475. The lowest BCUT2D eigenvalue weighted by Gasteiger charge is -2.23. The molecule has 1 aliphatic carbocycles. The van der Waals surface area contributed by atoms with E-state index in [-0.39, 0.29) is 5.25 Å². The third-order valence-corrected chi connectivity index (χ3v) is 4.72. The molecular formula is C13H19N3O2S. The zero-order valence-electron chi connectivity index (χ0n) is 11.4. The molecule has 0 saturated heterocycles. The predicted octanol–water partition coefficient (Wildman–Crippen LogP) is 1.78. The number of nitrogens with one attached hydrogen (secondary N) is 1. The van der Waals surface area contributed by atoms with E-state index in [0.29, 0.717) is 12.8 Å². The molecule has 2 atom stereocenters. The van der Waals surface area contributed by atoms with Crippen LogP contribution >= 0.6 is 11.8 Å². The van der Waals surface area contributed by atoms with Gasteiger partial charge in [0.15, 0.2) is 5.16 Å². The molecule has 0 aromatic carbocycles. The number of rotatable bonds is 4. The first kappa shape index (κ1) is 14.3. The fourth-order valence-electron chi connectivity index (χ4n) is 2.52. The van der Waals surface area contributed by atoms with Crippen LogP contribution in [0.4, 0.5) is 0 Å². The zero-order valence-corrected chi connectivity index (χ0v) is 12.3. The highest BCUT2D eigenvalue weighted by Gasteiger charge is 2.44. The molecule has 1 saturated carbocycles. The molecule has 1 aliphatic rings. The van der Waals surface area contributed by atoms with E-state index >= 15 is 0 Å². The minimum absolute atomic E-state index is 0.254. The second-order valence-corrected chi connectivity index (χ2v) is 6.32. The monoisotopic (exact) mass is 281 g/mol. The van der Waals surface area contributed by atoms with E-state index in [1.807, 2.05) is 19.9 Å². The van der Waals surface area contributed by atoms with Gasteiger partial charge in [0.05, 0.1) is 0 Å². The maximum Gasteiger partial charge on any atom is 0.323 e. The van der Waals surface area contributed by atoms with Crippen LogP contribution in [0.2, 0.25) is 0 Å². The number of aliphatic carboxylic acids is 1. The van der Waals surface area contributed by atoms with Crippen molar-refractivity contribution in [2.45, 2.75) is 49.1 Å². The fraction of sp³-hybridized carbons (Fsp3) is 0.615. The van der Waals surface area contributed by atoms with Crippen LogP contribution in [-0.4, -0.2) is 38.9 Å². The van der Waals surface area contributed by atoms with Crippen molar-refractivity contribution in [3.8, 4) is 0 Å². The highest BCUT2D eigenvalue weighted by atomic mass is 32.2. The van der Waals surface area contributed by atoms with Gasteiger partial charge in [-0.15, -0.1) is 0 Å². The summed E-state index contributed by atoms with van der Waals surface area (Å²) in [7, 11) is 1.72. The molecule has 6 heteroatoms. The third-order valence-electron chi connectivity index (χ3n) is 3.59. The summed E-state index contributed by atoms with van der Waals surface area (Å²) >= 11 is 1.59. The molecule has 1 aromatic rings. The van der Waals surface area contributed by atoms with Crippen LogP contribution in [0, 0.1) is 13.8 Å². The van der Waals surface area contributed by atoms with Gasteiger partial charge in [-0.1, -0.05) is 11.8 Å². The van der Waals surface area contributed by atoms with E-state index < -0.39 is 11.5 Å². The topological polar surface area (TPSA) is 75.1 Å². The van der Waals surface area contributed by atoms with Gasteiger partial charge in [-0.3, -0.25) is 4.79 Å². The molecular weight excluding hydrogens is 262 g/mol. The van der Waals surface area contributed by atoms with Crippen molar-refractivity contribution >= 4 is 17.7 Å². The van der Waals surface area contributed by atoms with Gasteiger partial charge in [-0.25, -0.2) is 9.97 Å². The normalized spacial score (nSPS) is 26.6. The number of hydrogen-bond donors (Lipinski definition) is 2. The number of aromatic nitrogens is 2. The van der Waals surface area contributed by atoms with E-state index in [0.717, 1.165) is 23.0 Å². The minimum atomic E-state index is -0.781. The second kappa shape index (κ2) is 5.46. The van der Waals surface area contributed by atoms with Gasteiger partial charge in [0.25, 0.3) is 0 Å². The number of nitrogens with zero attached hydrogens (tertiary/aromatic N) is 2. The molecule has 0 spiro atoms. The maximum atomic E-state index is 11.4. The summed E-state index contributed by atoms with van der Waals surface area (Å²) in [4.78, 5) is 20.2. The van der Waals surface area contributed by atoms with Crippen LogP contribution in [0.15, 0.2) is 11.2 Å². The summed E-state index contributed by atoms with van der Waals surface area (Å²) in [5, 5.41) is 13.3.